The lowest BCUT2D eigenvalue weighted by Crippen LogP contribution is -2.68. The normalized spacial score (nSPS) is 11.0. The van der Waals surface area contributed by atoms with Crippen LogP contribution in [0, 0.1) is 24.1 Å². The first-order chi connectivity index (χ1) is 18.1. The van der Waals surface area contributed by atoms with Gasteiger partial charge in [0.25, 0.3) is 0 Å². The van der Waals surface area contributed by atoms with Crippen LogP contribution in [0.25, 0.3) is 44.5 Å². The maximum absolute atomic E-state index is 8.49. The van der Waals surface area contributed by atoms with E-state index in [0.717, 1.165) is 0 Å². The highest BCUT2D eigenvalue weighted by atomic mass is 35.7. The Labute approximate surface area is 225 Å². The van der Waals surface area contributed by atoms with Gasteiger partial charge in [-0.05, 0) is 70.5 Å². The highest BCUT2D eigenvalue weighted by Crippen LogP contribution is 2.43. The van der Waals surface area contributed by atoms with Crippen LogP contribution < -0.4 is 23.2 Å². The molecule has 0 N–H and O–H groups in total. The summed E-state index contributed by atoms with van der Waals surface area (Å²) in [5.41, 5.74) is 12.4. The Morgan fingerprint density at radius 3 is 1.34 bits per heavy atom. The van der Waals surface area contributed by atoms with Crippen LogP contribution in [0.15, 0.2) is 116 Å². The summed E-state index contributed by atoms with van der Waals surface area (Å²) in [7, 11) is -2.88. The molecule has 0 radical (unpaired) electrons. The van der Waals surface area contributed by atoms with E-state index in [4.69, 9.17) is 18.6 Å². The predicted octanol–water partition coefficient (Wildman–Crippen LogP) is 3.04. The van der Waals surface area contributed by atoms with Gasteiger partial charge in [-0.15, -0.1) is 10.2 Å². The minimum atomic E-state index is -4.94. The maximum atomic E-state index is 8.49. The summed E-state index contributed by atoms with van der Waals surface area (Å²) >= 11 is 0. The molecule has 0 bridgehead atoms. The average Bonchev–Trinajstić information content (AvgIpc) is 2.89. The lowest BCUT2D eigenvalue weighted by atomic mass is 9.84. The van der Waals surface area contributed by atoms with Gasteiger partial charge in [-0.1, -0.05) is 90.0 Å². The van der Waals surface area contributed by atoms with Crippen molar-refractivity contribution in [2.75, 3.05) is 0 Å². The number of pyridine rings is 1. The van der Waals surface area contributed by atoms with Crippen molar-refractivity contribution in [1.29, 1.82) is 0 Å². The van der Waals surface area contributed by atoms with Crippen molar-refractivity contribution in [2.24, 2.45) is 7.05 Å². The van der Waals surface area contributed by atoms with Crippen LogP contribution in [0.5, 0.6) is 0 Å². The Morgan fingerprint density at radius 2 is 0.921 bits per heavy atom. The van der Waals surface area contributed by atoms with Crippen LogP contribution in [0.1, 0.15) is 11.1 Å². The Hall–Kier alpha value is -3.84. The second-order valence-corrected chi connectivity index (χ2v) is 9.93. The van der Waals surface area contributed by atoms with E-state index in [1.165, 1.54) is 55.6 Å². The van der Waals surface area contributed by atoms with Gasteiger partial charge >= 0.3 is 0 Å². The second-order valence-electron chi connectivity index (χ2n) is 9.17. The molecule has 6 heteroatoms. The second kappa shape index (κ2) is 11.7. The summed E-state index contributed by atoms with van der Waals surface area (Å²) in [5.74, 6) is 0. The Balaban J connectivity index is 0.000000617. The first-order valence-electron chi connectivity index (χ1n) is 12.0. The molecule has 4 aromatic carbocycles. The van der Waals surface area contributed by atoms with E-state index in [2.05, 4.69) is 141 Å². The summed E-state index contributed by atoms with van der Waals surface area (Å²) in [6.45, 7) is 4.28. The Kier molecular flexibility index (Phi) is 8.37. The molecule has 192 valence electrons. The van der Waals surface area contributed by atoms with Crippen LogP contribution in [0.3, 0.4) is 0 Å². The fourth-order valence-electron chi connectivity index (χ4n) is 4.34. The van der Waals surface area contributed by atoms with Gasteiger partial charge in [0.2, 0.25) is 0 Å². The third-order valence-electron chi connectivity index (χ3n) is 6.24. The van der Waals surface area contributed by atoms with E-state index in [9.17, 15) is 0 Å². The number of rotatable bonds is 4. The predicted molar refractivity (Wildman–Crippen MR) is 139 cm³/mol. The highest BCUT2D eigenvalue weighted by Gasteiger charge is 2.17. The molecule has 0 amide bonds. The number of nitrogens with zero attached hydrogens (tertiary/aromatic N) is 1. The topological polar surface area (TPSA) is 96.1 Å². The summed E-state index contributed by atoms with van der Waals surface area (Å²) in [6, 6.07) is 37.6. The monoisotopic (exact) mass is 525 g/mol. The van der Waals surface area contributed by atoms with Crippen LogP contribution in [0.2, 0.25) is 0 Å². The van der Waals surface area contributed by atoms with Gasteiger partial charge < -0.3 is 0 Å². The van der Waals surface area contributed by atoms with Gasteiger partial charge in [-0.2, -0.15) is 0 Å². The molecule has 1 aromatic heterocycles. The standard InChI is InChI=1S/C32H28N.ClHO4/c1-23-9-13-26(14-10-23)30-21-29(25-7-5-4-6-8-25)22-31(27-15-11-24(2)12-16-27)32(30)28-17-19-33(3)20-18-28;2-1(3,4)5/h4-22H,1-3H3;(H,2,3,4,5)/q+1;/p-1. The molecule has 5 nitrogen and oxygen atoms in total. The van der Waals surface area contributed by atoms with Gasteiger partial charge in [0, 0.05) is 12.1 Å². The van der Waals surface area contributed by atoms with Crippen LogP contribution >= 0.6 is 0 Å². The minimum absolute atomic E-state index is 1.22. The third-order valence-corrected chi connectivity index (χ3v) is 6.24. The van der Waals surface area contributed by atoms with Crippen molar-refractivity contribution in [3.05, 3.63) is 127 Å². The zero-order chi connectivity index (χ0) is 27.3. The molecule has 0 aliphatic heterocycles. The van der Waals surface area contributed by atoms with Crippen LogP contribution in [0.4, 0.5) is 0 Å². The number of hydrogen-bond donors (Lipinski definition) is 0. The van der Waals surface area contributed by atoms with Crippen LogP contribution in [-0.2, 0) is 7.05 Å². The molecular weight excluding hydrogens is 498 g/mol. The van der Waals surface area contributed by atoms with Crippen molar-refractivity contribution < 1.29 is 33.4 Å². The van der Waals surface area contributed by atoms with Gasteiger partial charge in [0.1, 0.15) is 7.05 Å². The summed E-state index contributed by atoms with van der Waals surface area (Å²) in [6.07, 6.45) is 4.25. The third kappa shape index (κ3) is 7.13. The van der Waals surface area contributed by atoms with Gasteiger partial charge in [-0.3, -0.25) is 0 Å². The van der Waals surface area contributed by atoms with Crippen molar-refractivity contribution in [3.63, 3.8) is 0 Å². The number of aryl methyl sites for hydroxylation is 3. The molecule has 0 saturated heterocycles. The SMILES string of the molecule is Cc1ccc(-c2cc(-c3ccccc3)cc(-c3ccc(C)cc3)c2-c2cc[n+](C)cc2)cc1.[O-][Cl+3]([O-])([O-])[O-]. The van der Waals surface area contributed by atoms with Crippen molar-refractivity contribution in [1.82, 2.24) is 0 Å². The molecule has 0 spiro atoms. The molecule has 5 rings (SSSR count). The van der Waals surface area contributed by atoms with Gasteiger partial charge in [0.05, 0.1) is 0 Å². The molecule has 5 aromatic rings. The lowest BCUT2D eigenvalue weighted by Gasteiger charge is -2.19. The fourth-order valence-corrected chi connectivity index (χ4v) is 4.34. The first kappa shape index (κ1) is 27.2. The fraction of sp³-hybridized carbons (Fsp3) is 0.0938. The van der Waals surface area contributed by atoms with E-state index in [0.29, 0.717) is 0 Å². The first-order valence-corrected chi connectivity index (χ1v) is 13.3. The number of aromatic nitrogens is 1. The summed E-state index contributed by atoms with van der Waals surface area (Å²) in [4.78, 5) is 0. The van der Waals surface area contributed by atoms with Gasteiger partial charge in [-0.25, -0.2) is 23.2 Å². The van der Waals surface area contributed by atoms with E-state index in [1.807, 2.05) is 0 Å². The van der Waals surface area contributed by atoms with Gasteiger partial charge in [0.15, 0.2) is 12.4 Å². The maximum Gasteiger partial charge on any atom is 0.169 e. The van der Waals surface area contributed by atoms with Crippen LogP contribution in [-0.4, -0.2) is 0 Å². The summed E-state index contributed by atoms with van der Waals surface area (Å²) < 4.78 is 36.1. The smallest absolute Gasteiger partial charge is 0.169 e. The molecule has 0 unspecified atom stereocenters. The molecule has 0 fully saturated rings. The Bertz CT molecular complexity index is 1420. The molecule has 1 heterocycles. The quantitative estimate of drug-likeness (QED) is 0.337. The van der Waals surface area contributed by atoms with E-state index < -0.39 is 10.2 Å². The highest BCUT2D eigenvalue weighted by molar-refractivity contribution is 5.97. The largest absolute Gasteiger partial charge is 0.222 e. The van der Waals surface area contributed by atoms with Crippen molar-refractivity contribution in [3.8, 4) is 44.5 Å². The minimum Gasteiger partial charge on any atom is -0.222 e. The number of halogens is 1. The zero-order valence-electron chi connectivity index (χ0n) is 21.4. The molecule has 0 atom stereocenters. The number of hydrogen-bond acceptors (Lipinski definition) is 4. The molecule has 0 saturated carbocycles. The lowest BCUT2D eigenvalue weighted by molar-refractivity contribution is -2.00. The van der Waals surface area contributed by atoms with Crippen molar-refractivity contribution >= 4 is 0 Å². The molecule has 38 heavy (non-hydrogen) atoms. The van der Waals surface area contributed by atoms with Crippen molar-refractivity contribution in [2.45, 2.75) is 13.8 Å². The van der Waals surface area contributed by atoms with E-state index in [-0.39, 0.29) is 0 Å². The van der Waals surface area contributed by atoms with E-state index in [1.54, 1.807) is 0 Å². The molecule has 0 aliphatic rings. The van der Waals surface area contributed by atoms with E-state index >= 15 is 0 Å². The average molecular weight is 526 g/mol. The number of benzene rings is 4. The molecular formula is C32H28ClNO4. The Morgan fingerprint density at radius 1 is 0.500 bits per heavy atom. The summed E-state index contributed by atoms with van der Waals surface area (Å²) in [5, 5.41) is 0. The zero-order valence-corrected chi connectivity index (χ0v) is 22.2. The molecule has 0 aliphatic carbocycles.